The molecular weight excluding hydrogens is 670 g/mol. The topological polar surface area (TPSA) is 77.6 Å². The summed E-state index contributed by atoms with van der Waals surface area (Å²) in [4.78, 5) is 18.4. The van der Waals surface area contributed by atoms with Crippen molar-refractivity contribution in [2.75, 3.05) is 0 Å². The van der Waals surface area contributed by atoms with Gasteiger partial charge in [0.1, 0.15) is 35.3 Å². The van der Waals surface area contributed by atoms with Crippen LogP contribution in [0.5, 0.6) is 0 Å². The molecule has 2 aliphatic carbocycles. The maximum atomic E-state index is 15.6. The SMILES string of the molecule is C#Cc1ccc(-c2ccc(Cl)c3cnn(C)c23)c([C@H](Cc2cc(F)cc(F)c2)NC(=O)Cn2nc(C(F)F)c3c2C(F)(F)[C@H]2C[C@@]32C=C)n1. The van der Waals surface area contributed by atoms with E-state index in [9.17, 15) is 22.4 Å². The van der Waals surface area contributed by atoms with Gasteiger partial charge in [0, 0.05) is 46.5 Å². The fourth-order valence-electron chi connectivity index (χ4n) is 7.12. The van der Waals surface area contributed by atoms with Crippen LogP contribution in [0.2, 0.25) is 5.02 Å². The summed E-state index contributed by atoms with van der Waals surface area (Å²) in [6, 6.07) is 8.26. The summed E-state index contributed by atoms with van der Waals surface area (Å²) in [6.07, 6.45) is 5.03. The van der Waals surface area contributed by atoms with Crippen molar-refractivity contribution in [3.8, 4) is 23.5 Å². The third-order valence-electron chi connectivity index (χ3n) is 9.30. The fourth-order valence-corrected chi connectivity index (χ4v) is 7.33. The summed E-state index contributed by atoms with van der Waals surface area (Å²) in [5.41, 5.74) is -1.14. The highest BCUT2D eigenvalue weighted by Crippen LogP contribution is 2.72. The molecule has 0 radical (unpaired) electrons. The smallest absolute Gasteiger partial charge is 0.293 e. The van der Waals surface area contributed by atoms with E-state index in [1.165, 1.54) is 6.08 Å². The van der Waals surface area contributed by atoms with Crippen LogP contribution >= 0.6 is 11.6 Å². The molecule has 3 heterocycles. The van der Waals surface area contributed by atoms with Gasteiger partial charge >= 0.3 is 0 Å². The molecule has 0 bridgehead atoms. The van der Waals surface area contributed by atoms with Crippen molar-refractivity contribution in [2.24, 2.45) is 13.0 Å². The highest BCUT2D eigenvalue weighted by Gasteiger charge is 2.75. The number of terminal acetylenes is 1. The second-order valence-corrected chi connectivity index (χ2v) is 12.6. The Hall–Kier alpha value is -5.09. The number of allylic oxidation sites excluding steroid dienone is 1. The molecule has 0 aliphatic heterocycles. The zero-order chi connectivity index (χ0) is 35.0. The number of hydrogen-bond acceptors (Lipinski definition) is 4. The lowest BCUT2D eigenvalue weighted by molar-refractivity contribution is -0.123. The van der Waals surface area contributed by atoms with Crippen molar-refractivity contribution in [2.45, 2.75) is 43.2 Å². The predicted molar refractivity (Wildman–Crippen MR) is 169 cm³/mol. The van der Waals surface area contributed by atoms with Crippen LogP contribution < -0.4 is 5.32 Å². The van der Waals surface area contributed by atoms with Gasteiger partial charge in [0.05, 0.1) is 28.5 Å². The molecule has 0 saturated heterocycles. The van der Waals surface area contributed by atoms with Gasteiger partial charge in [-0.25, -0.2) is 22.5 Å². The summed E-state index contributed by atoms with van der Waals surface area (Å²) in [5.74, 6) is -5.02. The van der Waals surface area contributed by atoms with Crippen molar-refractivity contribution in [3.05, 3.63) is 112 Å². The monoisotopic (exact) mass is 694 g/mol. The van der Waals surface area contributed by atoms with E-state index in [1.54, 1.807) is 42.2 Å². The number of pyridine rings is 1. The van der Waals surface area contributed by atoms with E-state index >= 15 is 8.78 Å². The Morgan fingerprint density at radius 1 is 1.16 bits per heavy atom. The third kappa shape index (κ3) is 5.17. The minimum Gasteiger partial charge on any atom is -0.346 e. The number of rotatable bonds is 9. The molecule has 2 aromatic carbocycles. The molecule has 49 heavy (non-hydrogen) atoms. The van der Waals surface area contributed by atoms with Crippen LogP contribution in [0.4, 0.5) is 26.3 Å². The van der Waals surface area contributed by atoms with Crippen molar-refractivity contribution in [3.63, 3.8) is 0 Å². The Morgan fingerprint density at radius 3 is 2.55 bits per heavy atom. The summed E-state index contributed by atoms with van der Waals surface area (Å²) >= 11 is 6.44. The van der Waals surface area contributed by atoms with Crippen molar-refractivity contribution in [1.82, 2.24) is 29.9 Å². The van der Waals surface area contributed by atoms with E-state index in [0.29, 0.717) is 37.8 Å². The number of halogens is 7. The maximum absolute atomic E-state index is 15.6. The number of benzene rings is 2. The molecule has 7 nitrogen and oxygen atoms in total. The molecule has 1 N–H and O–H groups in total. The van der Waals surface area contributed by atoms with Crippen LogP contribution in [0.15, 0.2) is 61.3 Å². The van der Waals surface area contributed by atoms with Gasteiger partial charge in [-0.05, 0) is 48.7 Å². The molecule has 1 fully saturated rings. The number of fused-ring (bicyclic) bond motifs is 4. The molecule has 3 atom stereocenters. The first-order valence-corrected chi connectivity index (χ1v) is 15.4. The predicted octanol–water partition coefficient (Wildman–Crippen LogP) is 7.33. The van der Waals surface area contributed by atoms with Gasteiger partial charge in [-0.1, -0.05) is 29.7 Å². The van der Waals surface area contributed by atoms with Gasteiger partial charge < -0.3 is 5.32 Å². The standard InChI is InChI=1S/C35H25ClF6N6O/c1-4-20-6-7-21(22-8-9-24(36)23-15-43-47(3)31(22)23)29(44-20)25(12-17-10-18(37)13-19(38)11-17)45-27(49)16-48-32-28(30(46-48)33(39)40)34(5-2)14-26(34)35(32,41)42/h1,5-11,13,15,25-26,33H,2,12,14,16H2,3H3,(H,45,49)/t25-,26-,34+/m0/s1. The average Bonchev–Trinajstić information content (AvgIpc) is 3.40. The summed E-state index contributed by atoms with van der Waals surface area (Å²) in [5, 5.41) is 11.8. The Labute approximate surface area is 280 Å². The lowest BCUT2D eigenvalue weighted by Gasteiger charge is -2.23. The molecule has 2 aliphatic rings. The minimum atomic E-state index is -3.54. The van der Waals surface area contributed by atoms with Crippen LogP contribution in [0.25, 0.3) is 22.0 Å². The van der Waals surface area contributed by atoms with Gasteiger partial charge in [0.2, 0.25) is 5.91 Å². The number of carbonyl (C=O) groups is 1. The Kier molecular flexibility index (Phi) is 7.63. The molecule has 0 unspecified atom stereocenters. The van der Waals surface area contributed by atoms with Gasteiger partial charge in [0.15, 0.2) is 0 Å². The fraction of sp³-hybridized carbons (Fsp3) is 0.257. The zero-order valence-corrected chi connectivity index (χ0v) is 26.4. The van der Waals surface area contributed by atoms with E-state index in [1.807, 2.05) is 0 Å². The second-order valence-electron chi connectivity index (χ2n) is 12.2. The summed E-state index contributed by atoms with van der Waals surface area (Å²) in [7, 11) is 1.70. The highest BCUT2D eigenvalue weighted by molar-refractivity contribution is 6.35. The van der Waals surface area contributed by atoms with E-state index in [0.717, 1.165) is 12.1 Å². The highest BCUT2D eigenvalue weighted by atomic mass is 35.5. The van der Waals surface area contributed by atoms with Crippen LogP contribution in [0.3, 0.4) is 0 Å². The molecule has 3 aromatic heterocycles. The van der Waals surface area contributed by atoms with Gasteiger partial charge in [-0.2, -0.15) is 19.0 Å². The van der Waals surface area contributed by atoms with Crippen molar-refractivity contribution >= 4 is 28.4 Å². The molecule has 0 spiro atoms. The molecule has 1 amide bonds. The number of hydrogen-bond donors (Lipinski definition) is 1. The van der Waals surface area contributed by atoms with Crippen LogP contribution in [0.1, 0.15) is 52.8 Å². The third-order valence-corrected chi connectivity index (χ3v) is 9.63. The first-order chi connectivity index (χ1) is 23.3. The normalized spacial score (nSPS) is 19.4. The average molecular weight is 695 g/mol. The van der Waals surface area contributed by atoms with Gasteiger partial charge in [0.25, 0.3) is 12.3 Å². The number of alkyl halides is 4. The van der Waals surface area contributed by atoms with Crippen molar-refractivity contribution < 1.29 is 31.1 Å². The maximum Gasteiger partial charge on any atom is 0.293 e. The summed E-state index contributed by atoms with van der Waals surface area (Å²) < 4.78 is 90.2. The van der Waals surface area contributed by atoms with E-state index in [2.05, 4.69) is 33.0 Å². The largest absolute Gasteiger partial charge is 0.346 e. The van der Waals surface area contributed by atoms with Crippen LogP contribution in [-0.2, 0) is 36.1 Å². The molecular formula is C35H25ClF6N6O. The number of nitrogens with zero attached hydrogens (tertiary/aromatic N) is 5. The van der Waals surface area contributed by atoms with Crippen LogP contribution in [0, 0.1) is 29.9 Å². The van der Waals surface area contributed by atoms with E-state index < -0.39 is 65.2 Å². The Morgan fingerprint density at radius 2 is 1.88 bits per heavy atom. The number of amides is 1. The minimum absolute atomic E-state index is 0.0605. The van der Waals surface area contributed by atoms with E-state index in [-0.39, 0.29) is 35.4 Å². The lowest BCUT2D eigenvalue weighted by atomic mass is 9.94. The molecule has 250 valence electrons. The number of aromatic nitrogens is 5. The summed E-state index contributed by atoms with van der Waals surface area (Å²) in [6.45, 7) is 2.74. The molecule has 14 heteroatoms. The number of nitrogens with one attached hydrogen (secondary N) is 1. The Balaban J connectivity index is 1.33. The molecule has 1 saturated carbocycles. The van der Waals surface area contributed by atoms with Crippen molar-refractivity contribution in [1.29, 1.82) is 0 Å². The quantitative estimate of drug-likeness (QED) is 0.0996. The molecule has 5 aromatic rings. The number of aryl methyl sites for hydroxylation is 1. The van der Waals surface area contributed by atoms with Crippen LogP contribution in [-0.4, -0.2) is 30.5 Å². The first-order valence-electron chi connectivity index (χ1n) is 15.0. The Bertz CT molecular complexity index is 2220. The lowest BCUT2D eigenvalue weighted by Crippen LogP contribution is -2.35. The second kappa shape index (κ2) is 11.5. The van der Waals surface area contributed by atoms with Gasteiger partial charge in [-0.15, -0.1) is 13.0 Å². The first kappa shape index (κ1) is 32.5. The molecule has 7 rings (SSSR count). The van der Waals surface area contributed by atoms with E-state index in [4.69, 9.17) is 18.0 Å². The zero-order valence-electron chi connectivity index (χ0n) is 25.6. The number of carbonyl (C=O) groups excluding carboxylic acids is 1. The van der Waals surface area contributed by atoms with Gasteiger partial charge in [-0.3, -0.25) is 14.2 Å².